The predicted octanol–water partition coefficient (Wildman–Crippen LogP) is 5.26. The van der Waals surface area contributed by atoms with Crippen LogP contribution in [0.1, 0.15) is 44.6 Å². The minimum Gasteiger partial charge on any atom is -0.0843 e. The summed E-state index contributed by atoms with van der Waals surface area (Å²) in [6, 6.07) is 8.13. The van der Waals surface area contributed by atoms with E-state index in [-0.39, 0.29) is 0 Å². The molecule has 0 heterocycles. The Bertz CT molecular complexity index is 293. The Morgan fingerprint density at radius 2 is 2.12 bits per heavy atom. The number of rotatable bonds is 7. The average Bonchev–Trinajstić information content (AvgIpc) is 2.28. The van der Waals surface area contributed by atoms with Gasteiger partial charge in [0.2, 0.25) is 0 Å². The summed E-state index contributed by atoms with van der Waals surface area (Å²) in [7, 11) is 0. The van der Waals surface area contributed by atoms with Crippen molar-refractivity contribution in [3.63, 3.8) is 0 Å². The maximum Gasteiger partial charge on any atom is 0.0408 e. The minimum atomic E-state index is 0.828. The highest BCUT2D eigenvalue weighted by Crippen LogP contribution is 2.22. The van der Waals surface area contributed by atoms with Crippen LogP contribution in [0.4, 0.5) is 0 Å². The average molecular weight is 237 g/mol. The van der Waals surface area contributed by atoms with Gasteiger partial charge in [-0.2, -0.15) is 0 Å². The van der Waals surface area contributed by atoms with Gasteiger partial charge >= 0.3 is 0 Å². The van der Waals surface area contributed by atoms with Gasteiger partial charge in [-0.1, -0.05) is 56.8 Å². The molecule has 2 radical (unpaired) electrons. The summed E-state index contributed by atoms with van der Waals surface area (Å²) in [6.07, 6.45) is 7.08. The van der Waals surface area contributed by atoms with Crippen molar-refractivity contribution in [1.82, 2.24) is 0 Å². The van der Waals surface area contributed by atoms with E-state index < -0.39 is 0 Å². The Morgan fingerprint density at radius 1 is 1.31 bits per heavy atom. The lowest BCUT2D eigenvalue weighted by atomic mass is 9.92. The first-order valence-corrected chi connectivity index (χ1v) is 6.51. The normalized spacial score (nSPS) is 11.0. The van der Waals surface area contributed by atoms with Crippen LogP contribution in [0.2, 0.25) is 5.02 Å². The molecule has 0 spiro atoms. The largest absolute Gasteiger partial charge is 0.0843 e. The molecule has 1 rings (SSSR count). The van der Waals surface area contributed by atoms with Crippen LogP contribution in [-0.4, -0.2) is 0 Å². The quantitative estimate of drug-likeness (QED) is 0.567. The lowest BCUT2D eigenvalue weighted by molar-refractivity contribution is 0.642. The van der Waals surface area contributed by atoms with Gasteiger partial charge in [0, 0.05) is 5.02 Å². The second kappa shape index (κ2) is 7.73. The van der Waals surface area contributed by atoms with Gasteiger partial charge in [0.15, 0.2) is 0 Å². The van der Waals surface area contributed by atoms with Crippen molar-refractivity contribution in [3.8, 4) is 0 Å². The Labute approximate surface area is 105 Å². The van der Waals surface area contributed by atoms with Gasteiger partial charge in [0.25, 0.3) is 0 Å². The van der Waals surface area contributed by atoms with E-state index in [1.165, 1.54) is 37.2 Å². The number of hydrogen-bond donors (Lipinski definition) is 0. The van der Waals surface area contributed by atoms with E-state index in [1.807, 2.05) is 12.1 Å². The number of hydrogen-bond acceptors (Lipinski definition) is 0. The van der Waals surface area contributed by atoms with Crippen molar-refractivity contribution in [2.24, 2.45) is 0 Å². The fourth-order valence-corrected chi connectivity index (χ4v) is 2.08. The Balaban J connectivity index is 2.43. The summed E-state index contributed by atoms with van der Waals surface area (Å²) in [4.78, 5) is 0. The predicted molar refractivity (Wildman–Crippen MR) is 72.5 cm³/mol. The van der Waals surface area contributed by atoms with Crippen LogP contribution >= 0.6 is 11.6 Å². The third kappa shape index (κ3) is 5.03. The monoisotopic (exact) mass is 236 g/mol. The molecule has 0 N–H and O–H groups in total. The van der Waals surface area contributed by atoms with E-state index in [0.717, 1.165) is 17.9 Å². The molecule has 0 aliphatic heterocycles. The van der Waals surface area contributed by atoms with Crippen LogP contribution in [0, 0.1) is 12.8 Å². The van der Waals surface area contributed by atoms with Gasteiger partial charge in [-0.15, -0.1) is 0 Å². The SMILES string of the molecule is [CH2]C[C](CCCCC)Cc1cccc(Cl)c1. The molecule has 0 aromatic heterocycles. The molecule has 0 aliphatic carbocycles. The molecule has 1 heteroatoms. The van der Waals surface area contributed by atoms with Crippen LogP contribution in [0.5, 0.6) is 0 Å². The zero-order valence-corrected chi connectivity index (χ0v) is 10.9. The third-order valence-corrected chi connectivity index (χ3v) is 3.07. The molecular formula is C15H21Cl. The van der Waals surface area contributed by atoms with E-state index in [9.17, 15) is 0 Å². The molecular weight excluding hydrogens is 216 g/mol. The summed E-state index contributed by atoms with van der Waals surface area (Å²) in [6.45, 7) is 6.25. The number of benzene rings is 1. The first-order valence-electron chi connectivity index (χ1n) is 6.13. The van der Waals surface area contributed by atoms with Gasteiger partial charge in [-0.3, -0.25) is 0 Å². The van der Waals surface area contributed by atoms with Gasteiger partial charge in [-0.25, -0.2) is 0 Å². The van der Waals surface area contributed by atoms with Gasteiger partial charge in [-0.05, 0) is 42.9 Å². The highest BCUT2D eigenvalue weighted by molar-refractivity contribution is 6.30. The van der Waals surface area contributed by atoms with Crippen LogP contribution in [0.25, 0.3) is 0 Å². The fourth-order valence-electron chi connectivity index (χ4n) is 1.86. The molecule has 0 aliphatic rings. The topological polar surface area (TPSA) is 0 Å². The van der Waals surface area contributed by atoms with Crippen LogP contribution in [0.15, 0.2) is 24.3 Å². The summed E-state index contributed by atoms with van der Waals surface area (Å²) < 4.78 is 0. The molecule has 1 aromatic carbocycles. The molecule has 0 bridgehead atoms. The molecule has 0 saturated carbocycles. The summed E-state index contributed by atoms with van der Waals surface area (Å²) in [5.41, 5.74) is 1.31. The van der Waals surface area contributed by atoms with Crippen molar-refractivity contribution < 1.29 is 0 Å². The minimum absolute atomic E-state index is 0.828. The van der Waals surface area contributed by atoms with Gasteiger partial charge in [0.1, 0.15) is 0 Å². The molecule has 0 nitrogen and oxygen atoms in total. The second-order valence-electron chi connectivity index (χ2n) is 4.26. The maximum absolute atomic E-state index is 5.97. The second-order valence-corrected chi connectivity index (χ2v) is 4.70. The van der Waals surface area contributed by atoms with Gasteiger partial charge in [0.05, 0.1) is 0 Å². The summed E-state index contributed by atoms with van der Waals surface area (Å²) in [5.74, 6) is 1.54. The zero-order valence-electron chi connectivity index (χ0n) is 10.1. The standard InChI is InChI=1S/C15H21Cl/c1-3-5-6-8-13(4-2)11-14-9-7-10-15(16)12-14/h7,9-10,12H,2-6,8,11H2,1H3. The van der Waals surface area contributed by atoms with Crippen molar-refractivity contribution in [1.29, 1.82) is 0 Å². The summed E-state index contributed by atoms with van der Waals surface area (Å²) >= 11 is 5.97. The molecule has 1 aromatic rings. The van der Waals surface area contributed by atoms with Gasteiger partial charge < -0.3 is 0 Å². The number of unbranched alkanes of at least 4 members (excludes halogenated alkanes) is 2. The molecule has 0 amide bonds. The van der Waals surface area contributed by atoms with E-state index in [4.69, 9.17) is 11.6 Å². The molecule has 0 unspecified atom stereocenters. The number of halogens is 1. The Kier molecular flexibility index (Phi) is 6.56. The van der Waals surface area contributed by atoms with Crippen LogP contribution in [-0.2, 0) is 6.42 Å². The van der Waals surface area contributed by atoms with E-state index in [0.29, 0.717) is 0 Å². The highest BCUT2D eigenvalue weighted by atomic mass is 35.5. The zero-order chi connectivity index (χ0) is 11.8. The lowest BCUT2D eigenvalue weighted by Gasteiger charge is -2.14. The first-order chi connectivity index (χ1) is 7.76. The molecule has 0 atom stereocenters. The fraction of sp³-hybridized carbons (Fsp3) is 0.467. The first kappa shape index (κ1) is 13.6. The van der Waals surface area contributed by atoms with E-state index in [1.54, 1.807) is 0 Å². The highest BCUT2D eigenvalue weighted by Gasteiger charge is 2.08. The van der Waals surface area contributed by atoms with Crippen molar-refractivity contribution in [3.05, 3.63) is 47.7 Å². The van der Waals surface area contributed by atoms with Crippen LogP contribution in [0.3, 0.4) is 0 Å². The Morgan fingerprint density at radius 3 is 2.75 bits per heavy atom. The van der Waals surface area contributed by atoms with Crippen molar-refractivity contribution >= 4 is 11.6 Å². The van der Waals surface area contributed by atoms with Crippen LogP contribution < -0.4 is 0 Å². The van der Waals surface area contributed by atoms with Crippen molar-refractivity contribution in [2.45, 2.75) is 45.4 Å². The lowest BCUT2D eigenvalue weighted by Crippen LogP contribution is -2.01. The Hall–Kier alpha value is -0.490. The summed E-state index contributed by atoms with van der Waals surface area (Å²) in [5, 5.41) is 0.828. The third-order valence-electron chi connectivity index (χ3n) is 2.83. The molecule has 0 saturated heterocycles. The van der Waals surface area contributed by atoms with E-state index in [2.05, 4.69) is 26.0 Å². The molecule has 0 fully saturated rings. The smallest absolute Gasteiger partial charge is 0.0408 e. The maximum atomic E-state index is 5.97. The molecule has 88 valence electrons. The molecule has 16 heavy (non-hydrogen) atoms. The van der Waals surface area contributed by atoms with E-state index >= 15 is 0 Å². The van der Waals surface area contributed by atoms with Crippen molar-refractivity contribution in [2.75, 3.05) is 0 Å².